The monoisotopic (exact) mass is 440 g/mol. The van der Waals surface area contributed by atoms with Gasteiger partial charge in [0.1, 0.15) is 0 Å². The topological polar surface area (TPSA) is 20.2 Å². The minimum Gasteiger partial charge on any atom is -0.393 e. The SMILES string of the molecule is C=C(CC[C@@H](C)[C@H]1CC[C@@]2(C)C3=C(CC[C@]12C)[C@@]1(C)CCC(O)C(C)(C)C1CC3)C(C)C. The van der Waals surface area contributed by atoms with Crippen LogP contribution >= 0.6 is 0 Å². The highest BCUT2D eigenvalue weighted by Crippen LogP contribution is 2.72. The van der Waals surface area contributed by atoms with E-state index in [2.05, 4.69) is 62.0 Å². The van der Waals surface area contributed by atoms with Crippen LogP contribution < -0.4 is 0 Å². The Labute approximate surface area is 199 Å². The summed E-state index contributed by atoms with van der Waals surface area (Å²) in [5, 5.41) is 10.8. The molecule has 0 aromatic carbocycles. The summed E-state index contributed by atoms with van der Waals surface area (Å²) in [5.74, 6) is 2.87. The van der Waals surface area contributed by atoms with Crippen LogP contribution in [0.1, 0.15) is 120 Å². The van der Waals surface area contributed by atoms with Crippen molar-refractivity contribution in [3.8, 4) is 0 Å². The third kappa shape index (κ3) is 3.34. The lowest BCUT2D eigenvalue weighted by Crippen LogP contribution is -2.55. The summed E-state index contributed by atoms with van der Waals surface area (Å²) < 4.78 is 0. The zero-order chi connectivity index (χ0) is 23.7. The van der Waals surface area contributed by atoms with Gasteiger partial charge in [-0.3, -0.25) is 0 Å². The van der Waals surface area contributed by atoms with Gasteiger partial charge >= 0.3 is 0 Å². The van der Waals surface area contributed by atoms with Crippen LogP contribution in [0.2, 0.25) is 0 Å². The van der Waals surface area contributed by atoms with Crippen LogP contribution in [0.3, 0.4) is 0 Å². The minimum absolute atomic E-state index is 0.0404. The molecule has 0 saturated heterocycles. The van der Waals surface area contributed by atoms with E-state index in [-0.39, 0.29) is 11.5 Å². The van der Waals surface area contributed by atoms with Crippen LogP contribution in [-0.2, 0) is 0 Å². The van der Waals surface area contributed by atoms with Crippen LogP contribution in [0.15, 0.2) is 23.3 Å². The number of allylic oxidation sites excluding steroid dienone is 3. The maximum atomic E-state index is 10.8. The van der Waals surface area contributed by atoms with E-state index >= 15 is 0 Å². The van der Waals surface area contributed by atoms with Gasteiger partial charge in [0.15, 0.2) is 0 Å². The number of fused-ring (bicyclic) bond motifs is 4. The van der Waals surface area contributed by atoms with Crippen LogP contribution in [0.25, 0.3) is 0 Å². The molecule has 2 unspecified atom stereocenters. The molecule has 0 radical (unpaired) electrons. The molecule has 32 heavy (non-hydrogen) atoms. The lowest BCUT2D eigenvalue weighted by Gasteiger charge is -2.62. The lowest BCUT2D eigenvalue weighted by atomic mass is 9.43. The van der Waals surface area contributed by atoms with E-state index in [4.69, 9.17) is 0 Å². The predicted octanol–water partition coefficient (Wildman–Crippen LogP) is 8.73. The second-order valence-electron chi connectivity index (χ2n) is 14.1. The minimum atomic E-state index is -0.135. The average Bonchev–Trinajstić information content (AvgIpc) is 3.00. The number of hydrogen-bond acceptors (Lipinski definition) is 1. The Morgan fingerprint density at radius 2 is 1.62 bits per heavy atom. The molecule has 2 saturated carbocycles. The van der Waals surface area contributed by atoms with Crippen molar-refractivity contribution in [1.82, 2.24) is 0 Å². The van der Waals surface area contributed by atoms with E-state index in [0.29, 0.717) is 28.1 Å². The predicted molar refractivity (Wildman–Crippen MR) is 137 cm³/mol. The van der Waals surface area contributed by atoms with Gasteiger partial charge in [0, 0.05) is 0 Å². The second kappa shape index (κ2) is 8.00. The van der Waals surface area contributed by atoms with Gasteiger partial charge in [-0.05, 0) is 110 Å². The highest BCUT2D eigenvalue weighted by Gasteiger charge is 2.63. The Morgan fingerprint density at radius 1 is 0.938 bits per heavy atom. The van der Waals surface area contributed by atoms with Gasteiger partial charge < -0.3 is 5.11 Å². The largest absolute Gasteiger partial charge is 0.393 e. The van der Waals surface area contributed by atoms with Crippen molar-refractivity contribution in [3.05, 3.63) is 23.3 Å². The van der Waals surface area contributed by atoms with Gasteiger partial charge in [0.25, 0.3) is 0 Å². The molecule has 0 aromatic rings. The van der Waals surface area contributed by atoms with Crippen molar-refractivity contribution < 1.29 is 5.11 Å². The molecule has 4 rings (SSSR count). The maximum Gasteiger partial charge on any atom is 0.0594 e. The molecule has 2 fully saturated rings. The fraction of sp³-hybridized carbons (Fsp3) is 0.871. The van der Waals surface area contributed by atoms with Crippen LogP contribution in [0.4, 0.5) is 0 Å². The highest BCUT2D eigenvalue weighted by molar-refractivity contribution is 5.38. The molecule has 182 valence electrons. The Bertz CT molecular complexity index is 786. The lowest BCUT2D eigenvalue weighted by molar-refractivity contribution is -0.0962. The summed E-state index contributed by atoms with van der Waals surface area (Å²) in [6, 6.07) is 0. The summed E-state index contributed by atoms with van der Waals surface area (Å²) in [6.45, 7) is 24.1. The molecule has 4 aliphatic carbocycles. The van der Waals surface area contributed by atoms with E-state index in [1.807, 2.05) is 11.1 Å². The van der Waals surface area contributed by atoms with Crippen molar-refractivity contribution >= 4 is 0 Å². The van der Waals surface area contributed by atoms with Gasteiger partial charge in [-0.25, -0.2) is 0 Å². The standard InChI is InChI=1S/C31H52O/c1-20(2)21(3)10-11-22(4)23-14-18-31(9)25-12-13-26-28(5,6)27(32)16-17-29(26,7)24(25)15-19-30(23,31)8/h20,22-23,26-27,32H,3,10-19H2,1-2,4-9H3/t22-,23-,26?,27?,29-,30-,31+/m1/s1. The average molecular weight is 441 g/mol. The first kappa shape index (κ1) is 24.6. The molecule has 0 heterocycles. The van der Waals surface area contributed by atoms with Gasteiger partial charge in [-0.2, -0.15) is 0 Å². The van der Waals surface area contributed by atoms with E-state index in [0.717, 1.165) is 18.3 Å². The Hall–Kier alpha value is -0.560. The fourth-order valence-corrected chi connectivity index (χ4v) is 9.53. The van der Waals surface area contributed by atoms with E-state index in [1.165, 1.54) is 63.4 Å². The highest BCUT2D eigenvalue weighted by atomic mass is 16.3. The first-order valence-corrected chi connectivity index (χ1v) is 13.9. The van der Waals surface area contributed by atoms with E-state index in [9.17, 15) is 5.11 Å². The van der Waals surface area contributed by atoms with Crippen molar-refractivity contribution in [2.75, 3.05) is 0 Å². The molecule has 0 spiro atoms. The van der Waals surface area contributed by atoms with Crippen LogP contribution in [-0.4, -0.2) is 11.2 Å². The number of aliphatic hydroxyl groups is 1. The summed E-state index contributed by atoms with van der Waals surface area (Å²) in [4.78, 5) is 0. The van der Waals surface area contributed by atoms with E-state index in [1.54, 1.807) is 0 Å². The van der Waals surface area contributed by atoms with E-state index < -0.39 is 0 Å². The molecule has 1 heteroatoms. The molecule has 4 aliphatic rings. The summed E-state index contributed by atoms with van der Waals surface area (Å²) in [6.07, 6.45) is 12.6. The molecule has 1 N–H and O–H groups in total. The molecular formula is C31H52O. The normalized spacial score (nSPS) is 44.1. The van der Waals surface area contributed by atoms with Crippen molar-refractivity contribution in [3.63, 3.8) is 0 Å². The molecular weight excluding hydrogens is 388 g/mol. The molecule has 1 nitrogen and oxygen atoms in total. The number of rotatable bonds is 5. The molecule has 7 atom stereocenters. The zero-order valence-corrected chi connectivity index (χ0v) is 22.6. The third-order valence-electron chi connectivity index (χ3n) is 12.2. The van der Waals surface area contributed by atoms with Gasteiger partial charge in [-0.15, -0.1) is 0 Å². The summed E-state index contributed by atoms with van der Waals surface area (Å²) >= 11 is 0. The second-order valence-corrected chi connectivity index (χ2v) is 14.1. The first-order valence-electron chi connectivity index (χ1n) is 13.9. The fourth-order valence-electron chi connectivity index (χ4n) is 9.53. The maximum absolute atomic E-state index is 10.8. The zero-order valence-electron chi connectivity index (χ0n) is 22.6. The van der Waals surface area contributed by atoms with Gasteiger partial charge in [-0.1, -0.05) is 78.7 Å². The van der Waals surface area contributed by atoms with Crippen molar-refractivity contribution in [2.24, 2.45) is 45.3 Å². The first-order chi connectivity index (χ1) is 14.8. The third-order valence-corrected chi connectivity index (χ3v) is 12.2. The summed E-state index contributed by atoms with van der Waals surface area (Å²) in [7, 11) is 0. The van der Waals surface area contributed by atoms with Gasteiger partial charge in [0.2, 0.25) is 0 Å². The molecule has 0 bridgehead atoms. The molecule has 0 aromatic heterocycles. The van der Waals surface area contributed by atoms with Gasteiger partial charge in [0.05, 0.1) is 6.10 Å². The van der Waals surface area contributed by atoms with Crippen LogP contribution in [0.5, 0.6) is 0 Å². The smallest absolute Gasteiger partial charge is 0.0594 e. The van der Waals surface area contributed by atoms with Crippen molar-refractivity contribution in [1.29, 1.82) is 0 Å². The number of hydrogen-bond donors (Lipinski definition) is 1. The molecule has 0 aliphatic heterocycles. The van der Waals surface area contributed by atoms with Crippen molar-refractivity contribution in [2.45, 2.75) is 126 Å². The Balaban J connectivity index is 1.62. The number of aliphatic hydroxyl groups excluding tert-OH is 1. The quantitative estimate of drug-likeness (QED) is 0.424. The summed E-state index contributed by atoms with van der Waals surface area (Å²) in [5.41, 5.74) is 6.32. The Morgan fingerprint density at radius 3 is 2.28 bits per heavy atom. The molecule has 0 amide bonds. The Kier molecular flexibility index (Phi) is 6.14. The van der Waals surface area contributed by atoms with Crippen LogP contribution in [0, 0.1) is 45.3 Å².